The predicted molar refractivity (Wildman–Crippen MR) is 182 cm³/mol. The second kappa shape index (κ2) is 14.2. The summed E-state index contributed by atoms with van der Waals surface area (Å²) < 4.78 is 11.9. The van der Waals surface area contributed by atoms with E-state index in [1.165, 1.54) is 4.90 Å². The number of fused-ring (bicyclic) bond motifs is 1. The lowest BCUT2D eigenvalue weighted by molar-refractivity contribution is -0.160. The van der Waals surface area contributed by atoms with Gasteiger partial charge in [-0.1, -0.05) is 59.8 Å². The van der Waals surface area contributed by atoms with Crippen LogP contribution in [0.15, 0.2) is 0 Å². The Hall–Kier alpha value is -3.22. The Morgan fingerprint density at radius 2 is 1.53 bits per heavy atom. The monoisotopic (exact) mass is 689 g/mol. The summed E-state index contributed by atoms with van der Waals surface area (Å²) in [6.45, 7) is 16.7. The van der Waals surface area contributed by atoms with Crippen molar-refractivity contribution >= 4 is 35.5 Å². The van der Waals surface area contributed by atoms with E-state index >= 15 is 0 Å². The number of ether oxygens (including phenoxy) is 2. The molecule has 1 unspecified atom stereocenters. The zero-order chi connectivity index (χ0) is 36.7. The van der Waals surface area contributed by atoms with Gasteiger partial charge in [0.1, 0.15) is 23.7 Å². The van der Waals surface area contributed by atoms with Gasteiger partial charge in [0.15, 0.2) is 0 Å². The average Bonchev–Trinajstić information content (AvgIpc) is 3.64. The van der Waals surface area contributed by atoms with E-state index in [9.17, 15) is 28.8 Å². The highest BCUT2D eigenvalue weighted by Crippen LogP contribution is 2.45. The minimum Gasteiger partial charge on any atom is -0.458 e. The van der Waals surface area contributed by atoms with Gasteiger partial charge in [0.2, 0.25) is 17.6 Å². The van der Waals surface area contributed by atoms with Crippen molar-refractivity contribution in [2.75, 3.05) is 6.54 Å². The second-order valence-corrected chi connectivity index (χ2v) is 17.8. The fraction of sp³-hybridized carbons (Fsp3) is 0.833. The number of ketones is 1. The molecule has 4 rings (SSSR count). The first-order valence-electron chi connectivity index (χ1n) is 17.9. The number of nitrogens with two attached hydrogens (primary N) is 1. The molecule has 5 amide bonds. The molecule has 0 aromatic rings. The van der Waals surface area contributed by atoms with Crippen molar-refractivity contribution in [3.8, 4) is 0 Å². The normalized spacial score (nSPS) is 26.5. The SMILES string of the molecule is CC(C)(C)OC(=O)[C@@H](NC(=O)N[C@H](C(=O)N1C[C@@H]2OC(C)(C)C[C@@H]2[C@H]1C(=O)NC(CC1CC1)C(=O)C(N)=O)C1(C)CCCCC1)C(C)(C)C. The first-order valence-corrected chi connectivity index (χ1v) is 17.9. The molecule has 0 aromatic carbocycles. The Morgan fingerprint density at radius 1 is 0.918 bits per heavy atom. The largest absolute Gasteiger partial charge is 0.458 e. The van der Waals surface area contributed by atoms with Gasteiger partial charge in [0.05, 0.1) is 17.7 Å². The topological polar surface area (TPSA) is 186 Å². The third-order valence-electron chi connectivity index (χ3n) is 10.5. The van der Waals surface area contributed by atoms with Crippen molar-refractivity contribution < 1.29 is 38.2 Å². The number of urea groups is 1. The lowest BCUT2D eigenvalue weighted by atomic mass is 9.70. The molecule has 2 saturated heterocycles. The van der Waals surface area contributed by atoms with E-state index < -0.39 is 87.8 Å². The standard InChI is InChI=1S/C36H59N5O8/c1-33(2,3)27(31(46)49-34(4,5)6)40-32(47)39-26(36(9)15-11-10-12-16-36)30(45)41-19-23-21(18-35(7,8)48-23)24(41)29(44)38-22(17-20-13-14-20)25(42)28(37)43/h20-24,26-27H,10-19H2,1-9H3,(H2,37,43)(H,38,44)(H2,39,40,47)/t21-,22?,23-,24-,26+,27+/m0/s1. The molecule has 0 radical (unpaired) electrons. The van der Waals surface area contributed by atoms with Crippen LogP contribution in [-0.4, -0.2) is 88.4 Å². The molecule has 2 saturated carbocycles. The third-order valence-corrected chi connectivity index (χ3v) is 10.5. The van der Waals surface area contributed by atoms with Gasteiger partial charge in [-0.15, -0.1) is 0 Å². The number of hydrogen-bond acceptors (Lipinski definition) is 8. The molecule has 2 aliphatic carbocycles. The van der Waals surface area contributed by atoms with E-state index in [0.29, 0.717) is 25.7 Å². The van der Waals surface area contributed by atoms with Gasteiger partial charge in [-0.25, -0.2) is 9.59 Å². The molecule has 4 fully saturated rings. The highest BCUT2D eigenvalue weighted by Gasteiger charge is 2.57. The van der Waals surface area contributed by atoms with Crippen LogP contribution in [0.2, 0.25) is 0 Å². The van der Waals surface area contributed by atoms with E-state index in [1.807, 2.05) is 41.5 Å². The van der Waals surface area contributed by atoms with Crippen LogP contribution in [0, 0.1) is 22.7 Å². The average molecular weight is 690 g/mol. The fourth-order valence-electron chi connectivity index (χ4n) is 7.82. The summed E-state index contributed by atoms with van der Waals surface area (Å²) in [5.41, 5.74) is 2.71. The van der Waals surface area contributed by atoms with Crippen molar-refractivity contribution in [2.24, 2.45) is 28.4 Å². The number of Topliss-reactive ketones (excluding diaryl/α,β-unsaturated/α-hetero) is 1. The van der Waals surface area contributed by atoms with E-state index in [-0.39, 0.29) is 18.4 Å². The number of likely N-dealkylation sites (tertiary alicyclic amines) is 1. The number of nitrogens with one attached hydrogen (secondary N) is 3. The number of amides is 5. The summed E-state index contributed by atoms with van der Waals surface area (Å²) in [7, 11) is 0. The summed E-state index contributed by atoms with van der Waals surface area (Å²) in [5, 5.41) is 8.51. The van der Waals surface area contributed by atoms with Gasteiger partial charge in [0, 0.05) is 12.5 Å². The zero-order valence-electron chi connectivity index (χ0n) is 30.9. The highest BCUT2D eigenvalue weighted by molar-refractivity contribution is 6.37. The van der Waals surface area contributed by atoms with Gasteiger partial charge in [-0.05, 0) is 77.0 Å². The maximum Gasteiger partial charge on any atom is 0.329 e. The van der Waals surface area contributed by atoms with E-state index in [1.54, 1.807) is 20.8 Å². The summed E-state index contributed by atoms with van der Waals surface area (Å²) in [4.78, 5) is 82.2. The minimum absolute atomic E-state index is 0.125. The number of nitrogens with zero attached hydrogens (tertiary/aromatic N) is 1. The fourth-order valence-corrected chi connectivity index (χ4v) is 7.82. The molecule has 13 heteroatoms. The van der Waals surface area contributed by atoms with Crippen LogP contribution in [-0.2, 0) is 33.4 Å². The number of carbonyl (C=O) groups excluding carboxylic acids is 6. The molecule has 0 bridgehead atoms. The lowest BCUT2D eigenvalue weighted by Gasteiger charge is -2.43. The molecule has 5 N–H and O–H groups in total. The van der Waals surface area contributed by atoms with E-state index in [4.69, 9.17) is 15.2 Å². The van der Waals surface area contributed by atoms with Crippen molar-refractivity contribution in [1.29, 1.82) is 0 Å². The van der Waals surface area contributed by atoms with Crippen LogP contribution in [0.3, 0.4) is 0 Å². The van der Waals surface area contributed by atoms with Gasteiger partial charge >= 0.3 is 12.0 Å². The van der Waals surface area contributed by atoms with Crippen molar-refractivity contribution in [2.45, 2.75) is 162 Å². The van der Waals surface area contributed by atoms with Crippen LogP contribution in [0.1, 0.15) is 120 Å². The predicted octanol–water partition coefficient (Wildman–Crippen LogP) is 3.11. The molecule has 2 aliphatic heterocycles. The van der Waals surface area contributed by atoms with Crippen LogP contribution >= 0.6 is 0 Å². The Kier molecular flexibility index (Phi) is 11.2. The van der Waals surface area contributed by atoms with Crippen LogP contribution < -0.4 is 21.7 Å². The molecule has 2 heterocycles. The number of rotatable bonds is 11. The lowest BCUT2D eigenvalue weighted by Crippen LogP contribution is -2.63. The molecule has 13 nitrogen and oxygen atoms in total. The number of primary amides is 1. The molecular weight excluding hydrogens is 630 g/mol. The Morgan fingerprint density at radius 3 is 2.06 bits per heavy atom. The van der Waals surface area contributed by atoms with E-state index in [0.717, 1.165) is 32.1 Å². The number of esters is 1. The summed E-state index contributed by atoms with van der Waals surface area (Å²) in [6.07, 6.45) is 6.27. The van der Waals surface area contributed by atoms with Crippen LogP contribution in [0.25, 0.3) is 0 Å². The first kappa shape index (κ1) is 38.6. The van der Waals surface area contributed by atoms with E-state index in [2.05, 4.69) is 16.0 Å². The number of hydrogen-bond donors (Lipinski definition) is 4. The molecule has 0 spiro atoms. The maximum absolute atomic E-state index is 14.8. The smallest absolute Gasteiger partial charge is 0.329 e. The molecule has 276 valence electrons. The maximum atomic E-state index is 14.8. The van der Waals surface area contributed by atoms with Crippen molar-refractivity contribution in [3.05, 3.63) is 0 Å². The molecule has 6 atom stereocenters. The minimum atomic E-state index is -1.12. The van der Waals surface area contributed by atoms with Gasteiger partial charge in [-0.3, -0.25) is 19.2 Å². The van der Waals surface area contributed by atoms with Crippen LogP contribution in [0.5, 0.6) is 0 Å². The first-order chi connectivity index (χ1) is 22.5. The van der Waals surface area contributed by atoms with Crippen molar-refractivity contribution in [3.63, 3.8) is 0 Å². The van der Waals surface area contributed by atoms with Gasteiger partial charge < -0.3 is 36.1 Å². The highest BCUT2D eigenvalue weighted by atomic mass is 16.6. The van der Waals surface area contributed by atoms with Crippen molar-refractivity contribution in [1.82, 2.24) is 20.9 Å². The molecular formula is C36H59N5O8. The Labute approximate surface area is 290 Å². The number of carbonyl (C=O) groups is 6. The summed E-state index contributed by atoms with van der Waals surface area (Å²) in [5.74, 6) is -3.69. The summed E-state index contributed by atoms with van der Waals surface area (Å²) >= 11 is 0. The zero-order valence-corrected chi connectivity index (χ0v) is 30.9. The van der Waals surface area contributed by atoms with Crippen LogP contribution in [0.4, 0.5) is 4.79 Å². The third kappa shape index (κ3) is 9.52. The van der Waals surface area contributed by atoms with Gasteiger partial charge in [-0.2, -0.15) is 0 Å². The Balaban J connectivity index is 1.64. The summed E-state index contributed by atoms with van der Waals surface area (Å²) in [6, 6.07) is -4.80. The molecule has 4 aliphatic rings. The quantitative estimate of drug-likeness (QED) is 0.188. The van der Waals surface area contributed by atoms with Gasteiger partial charge in [0.25, 0.3) is 5.91 Å². The Bertz CT molecular complexity index is 1310. The molecule has 0 aromatic heterocycles. The second-order valence-electron chi connectivity index (χ2n) is 17.8. The molecule has 49 heavy (non-hydrogen) atoms.